The van der Waals surface area contributed by atoms with Crippen LogP contribution in [0.15, 0.2) is 36.4 Å². The van der Waals surface area contributed by atoms with Gasteiger partial charge in [0.1, 0.15) is 11.9 Å². The zero-order chi connectivity index (χ0) is 13.7. The molecular weight excluding hydrogens is 238 g/mol. The molecule has 0 aliphatic rings. The highest BCUT2D eigenvalue weighted by atomic mass is 16.5. The fourth-order valence-electron chi connectivity index (χ4n) is 2.01. The molecular formula is C16H17NO2. The molecule has 98 valence electrons. The van der Waals surface area contributed by atoms with Crippen LogP contribution >= 0.6 is 0 Å². The van der Waals surface area contributed by atoms with Crippen molar-refractivity contribution in [2.75, 3.05) is 13.2 Å². The van der Waals surface area contributed by atoms with Gasteiger partial charge in [-0.1, -0.05) is 24.3 Å². The Bertz CT molecular complexity index is 601. The van der Waals surface area contributed by atoms with Crippen LogP contribution in [0.3, 0.4) is 0 Å². The average molecular weight is 255 g/mol. The van der Waals surface area contributed by atoms with Gasteiger partial charge in [0.05, 0.1) is 18.2 Å². The highest BCUT2D eigenvalue weighted by Crippen LogP contribution is 2.28. The number of rotatable bonds is 5. The molecule has 0 aliphatic carbocycles. The number of hydrogen-bond acceptors (Lipinski definition) is 3. The SMILES string of the molecule is CCOCC(C)Oc1ccc(C#N)c2ccccc12. The lowest BCUT2D eigenvalue weighted by Crippen LogP contribution is -2.19. The predicted octanol–water partition coefficient (Wildman–Crippen LogP) is 3.52. The zero-order valence-corrected chi connectivity index (χ0v) is 11.2. The molecule has 0 fully saturated rings. The fraction of sp³-hybridized carbons (Fsp3) is 0.312. The third-order valence-electron chi connectivity index (χ3n) is 2.89. The zero-order valence-electron chi connectivity index (χ0n) is 11.2. The summed E-state index contributed by atoms with van der Waals surface area (Å²) in [6.45, 7) is 5.18. The first-order chi connectivity index (χ1) is 9.26. The molecule has 0 radical (unpaired) electrons. The molecule has 0 aromatic heterocycles. The fourth-order valence-corrected chi connectivity index (χ4v) is 2.01. The highest BCUT2D eigenvalue weighted by molar-refractivity contribution is 5.92. The number of benzene rings is 2. The van der Waals surface area contributed by atoms with Crippen LogP contribution in [0.2, 0.25) is 0 Å². The normalized spacial score (nSPS) is 12.1. The molecule has 2 rings (SSSR count). The summed E-state index contributed by atoms with van der Waals surface area (Å²) >= 11 is 0. The van der Waals surface area contributed by atoms with E-state index in [1.807, 2.05) is 44.2 Å². The molecule has 1 atom stereocenters. The van der Waals surface area contributed by atoms with Gasteiger partial charge in [-0.05, 0) is 26.0 Å². The van der Waals surface area contributed by atoms with E-state index in [2.05, 4.69) is 6.07 Å². The minimum atomic E-state index is -0.0173. The van der Waals surface area contributed by atoms with E-state index in [0.29, 0.717) is 18.8 Å². The van der Waals surface area contributed by atoms with Gasteiger partial charge in [0.25, 0.3) is 0 Å². The van der Waals surface area contributed by atoms with Gasteiger partial charge in [0, 0.05) is 17.4 Å². The van der Waals surface area contributed by atoms with E-state index in [-0.39, 0.29) is 6.10 Å². The molecule has 2 aromatic rings. The largest absolute Gasteiger partial charge is 0.488 e. The van der Waals surface area contributed by atoms with E-state index in [0.717, 1.165) is 16.5 Å². The Kier molecular flexibility index (Phi) is 4.38. The Balaban J connectivity index is 2.32. The standard InChI is InChI=1S/C16H17NO2/c1-3-18-11-12(2)19-16-9-8-13(10-17)14-6-4-5-7-15(14)16/h4-9,12H,3,11H2,1-2H3. The highest BCUT2D eigenvalue weighted by Gasteiger charge is 2.09. The van der Waals surface area contributed by atoms with Crippen molar-refractivity contribution in [1.82, 2.24) is 0 Å². The summed E-state index contributed by atoms with van der Waals surface area (Å²) in [6, 6.07) is 13.6. The summed E-state index contributed by atoms with van der Waals surface area (Å²) in [6.07, 6.45) is -0.0173. The topological polar surface area (TPSA) is 42.2 Å². The van der Waals surface area contributed by atoms with Gasteiger partial charge in [-0.2, -0.15) is 5.26 Å². The molecule has 0 aliphatic heterocycles. The van der Waals surface area contributed by atoms with Gasteiger partial charge in [0.15, 0.2) is 0 Å². The lowest BCUT2D eigenvalue weighted by molar-refractivity contribution is 0.0665. The Morgan fingerprint density at radius 2 is 1.89 bits per heavy atom. The third-order valence-corrected chi connectivity index (χ3v) is 2.89. The first kappa shape index (κ1) is 13.4. The minimum absolute atomic E-state index is 0.0173. The van der Waals surface area contributed by atoms with Crippen LogP contribution in [0, 0.1) is 11.3 Å². The van der Waals surface area contributed by atoms with Crippen LogP contribution in [0.4, 0.5) is 0 Å². The van der Waals surface area contributed by atoms with Crippen LogP contribution in [0.25, 0.3) is 10.8 Å². The van der Waals surface area contributed by atoms with Crippen LogP contribution in [-0.2, 0) is 4.74 Å². The number of ether oxygens (including phenoxy) is 2. The van der Waals surface area contributed by atoms with Crippen molar-refractivity contribution >= 4 is 10.8 Å². The third kappa shape index (κ3) is 3.04. The van der Waals surface area contributed by atoms with Crippen molar-refractivity contribution in [3.05, 3.63) is 42.0 Å². The summed E-state index contributed by atoms with van der Waals surface area (Å²) in [5.74, 6) is 0.793. The molecule has 0 N–H and O–H groups in total. The quantitative estimate of drug-likeness (QED) is 0.821. The van der Waals surface area contributed by atoms with E-state index < -0.39 is 0 Å². The van der Waals surface area contributed by atoms with E-state index in [1.54, 1.807) is 6.07 Å². The van der Waals surface area contributed by atoms with Gasteiger partial charge in [-0.3, -0.25) is 0 Å². The Hall–Kier alpha value is -2.05. The molecule has 0 amide bonds. The van der Waals surface area contributed by atoms with Crippen LogP contribution < -0.4 is 4.74 Å². The molecule has 0 saturated heterocycles. The molecule has 2 aromatic carbocycles. The summed E-state index contributed by atoms with van der Waals surface area (Å²) in [5, 5.41) is 11.0. The first-order valence-corrected chi connectivity index (χ1v) is 6.42. The van der Waals surface area contributed by atoms with E-state index >= 15 is 0 Å². The van der Waals surface area contributed by atoms with Gasteiger partial charge in [0.2, 0.25) is 0 Å². The molecule has 0 bridgehead atoms. The number of nitrogens with zero attached hydrogens (tertiary/aromatic N) is 1. The van der Waals surface area contributed by atoms with Crippen LogP contribution in [0.1, 0.15) is 19.4 Å². The predicted molar refractivity (Wildman–Crippen MR) is 75.2 cm³/mol. The number of fused-ring (bicyclic) bond motifs is 1. The van der Waals surface area contributed by atoms with Gasteiger partial charge < -0.3 is 9.47 Å². The number of nitriles is 1. The number of hydrogen-bond donors (Lipinski definition) is 0. The van der Waals surface area contributed by atoms with E-state index in [1.165, 1.54) is 0 Å². The van der Waals surface area contributed by atoms with E-state index in [4.69, 9.17) is 14.7 Å². The molecule has 0 spiro atoms. The van der Waals surface area contributed by atoms with Crippen LogP contribution in [-0.4, -0.2) is 19.3 Å². The second kappa shape index (κ2) is 6.21. The smallest absolute Gasteiger partial charge is 0.127 e. The Morgan fingerprint density at radius 1 is 1.16 bits per heavy atom. The Morgan fingerprint density at radius 3 is 2.58 bits per heavy atom. The maximum absolute atomic E-state index is 9.11. The molecule has 1 unspecified atom stereocenters. The second-order valence-corrected chi connectivity index (χ2v) is 4.36. The lowest BCUT2D eigenvalue weighted by Gasteiger charge is -2.16. The summed E-state index contributed by atoms with van der Waals surface area (Å²) in [5.41, 5.74) is 0.667. The monoisotopic (exact) mass is 255 g/mol. The maximum atomic E-state index is 9.11. The van der Waals surface area contributed by atoms with Crippen molar-refractivity contribution in [2.24, 2.45) is 0 Å². The Labute approximate surface area is 113 Å². The van der Waals surface area contributed by atoms with Gasteiger partial charge >= 0.3 is 0 Å². The molecule has 0 saturated carbocycles. The van der Waals surface area contributed by atoms with Crippen molar-refractivity contribution in [1.29, 1.82) is 5.26 Å². The summed E-state index contributed by atoms with van der Waals surface area (Å²) < 4.78 is 11.2. The minimum Gasteiger partial charge on any atom is -0.488 e. The average Bonchev–Trinajstić information content (AvgIpc) is 2.45. The first-order valence-electron chi connectivity index (χ1n) is 6.42. The molecule has 3 nitrogen and oxygen atoms in total. The maximum Gasteiger partial charge on any atom is 0.127 e. The van der Waals surface area contributed by atoms with E-state index in [9.17, 15) is 0 Å². The van der Waals surface area contributed by atoms with Crippen molar-refractivity contribution in [2.45, 2.75) is 20.0 Å². The van der Waals surface area contributed by atoms with Gasteiger partial charge in [-0.15, -0.1) is 0 Å². The van der Waals surface area contributed by atoms with Crippen molar-refractivity contribution in [3.63, 3.8) is 0 Å². The second-order valence-electron chi connectivity index (χ2n) is 4.36. The molecule has 3 heteroatoms. The van der Waals surface area contributed by atoms with Crippen molar-refractivity contribution in [3.8, 4) is 11.8 Å². The van der Waals surface area contributed by atoms with Crippen molar-refractivity contribution < 1.29 is 9.47 Å². The van der Waals surface area contributed by atoms with Gasteiger partial charge in [-0.25, -0.2) is 0 Å². The summed E-state index contributed by atoms with van der Waals surface area (Å²) in [7, 11) is 0. The molecule has 0 heterocycles. The molecule has 19 heavy (non-hydrogen) atoms. The van der Waals surface area contributed by atoms with Crippen LogP contribution in [0.5, 0.6) is 5.75 Å². The summed E-state index contributed by atoms with van der Waals surface area (Å²) in [4.78, 5) is 0. The lowest BCUT2D eigenvalue weighted by atomic mass is 10.0.